The first-order valence-electron chi connectivity index (χ1n) is 8.82. The largest absolute Gasteiger partial charge is 0.497 e. The van der Waals surface area contributed by atoms with E-state index < -0.39 is 0 Å². The Bertz CT molecular complexity index is 653. The fourth-order valence-corrected chi connectivity index (χ4v) is 2.89. The van der Waals surface area contributed by atoms with Gasteiger partial charge >= 0.3 is 0 Å². The lowest BCUT2D eigenvalue weighted by molar-refractivity contribution is -0.719. The van der Waals surface area contributed by atoms with Crippen LogP contribution < -0.4 is 15.4 Å². The van der Waals surface area contributed by atoms with Crippen LogP contribution in [0.25, 0.3) is 0 Å². The monoisotopic (exact) mass is 341 g/mol. The molecule has 0 aliphatic heterocycles. The maximum atomic E-state index is 12.5. The number of methoxy groups -OCH3 is 1. The standard InChI is InChI=1S/C21H28N2O2/c1-15(2)20(18-8-6-5-7-9-18)23-16(3)21(24)22-14-17-10-12-19(25-4)13-11-17/h5-13,15-16,20,23H,14H2,1-4H3,(H,22,24)/p+1/t16-,20+/m1/s1. The summed E-state index contributed by atoms with van der Waals surface area (Å²) < 4.78 is 5.15. The summed E-state index contributed by atoms with van der Waals surface area (Å²) >= 11 is 0. The molecule has 0 aromatic heterocycles. The van der Waals surface area contributed by atoms with Gasteiger partial charge in [0.05, 0.1) is 7.11 Å². The van der Waals surface area contributed by atoms with E-state index in [-0.39, 0.29) is 18.0 Å². The van der Waals surface area contributed by atoms with Gasteiger partial charge in [0.15, 0.2) is 6.04 Å². The Kier molecular flexibility index (Phi) is 7.02. The molecule has 4 nitrogen and oxygen atoms in total. The second-order valence-electron chi connectivity index (χ2n) is 6.73. The van der Waals surface area contributed by atoms with Crippen molar-refractivity contribution in [3.8, 4) is 5.75 Å². The van der Waals surface area contributed by atoms with Gasteiger partial charge in [-0.15, -0.1) is 0 Å². The van der Waals surface area contributed by atoms with Crippen LogP contribution in [0.1, 0.15) is 37.9 Å². The minimum Gasteiger partial charge on any atom is -0.497 e. The highest BCUT2D eigenvalue weighted by Crippen LogP contribution is 2.17. The predicted molar refractivity (Wildman–Crippen MR) is 100 cm³/mol. The molecule has 3 N–H and O–H groups in total. The number of hydrogen-bond donors (Lipinski definition) is 2. The highest BCUT2D eigenvalue weighted by atomic mass is 16.5. The number of quaternary nitrogens is 1. The zero-order valence-electron chi connectivity index (χ0n) is 15.5. The molecule has 0 unspecified atom stereocenters. The van der Waals surface area contributed by atoms with Gasteiger partial charge in [-0.2, -0.15) is 0 Å². The van der Waals surface area contributed by atoms with Crippen molar-refractivity contribution >= 4 is 5.91 Å². The molecule has 134 valence electrons. The van der Waals surface area contributed by atoms with Crippen molar-refractivity contribution in [1.82, 2.24) is 5.32 Å². The molecule has 2 atom stereocenters. The van der Waals surface area contributed by atoms with Crippen LogP contribution in [0.15, 0.2) is 54.6 Å². The van der Waals surface area contributed by atoms with Crippen LogP contribution in [0.4, 0.5) is 0 Å². The Labute approximate surface area is 150 Å². The summed E-state index contributed by atoms with van der Waals surface area (Å²) in [5, 5.41) is 5.18. The first kappa shape index (κ1) is 19.0. The maximum absolute atomic E-state index is 12.5. The summed E-state index contributed by atoms with van der Waals surface area (Å²) in [6, 6.07) is 18.2. The fraction of sp³-hybridized carbons (Fsp3) is 0.381. The van der Waals surface area contributed by atoms with E-state index in [1.165, 1.54) is 5.56 Å². The highest BCUT2D eigenvalue weighted by Gasteiger charge is 2.25. The molecule has 0 bridgehead atoms. The molecule has 0 fully saturated rings. The van der Waals surface area contributed by atoms with Crippen LogP contribution in [-0.2, 0) is 11.3 Å². The topological polar surface area (TPSA) is 54.9 Å². The third-order valence-corrected chi connectivity index (χ3v) is 4.44. The number of carbonyl (C=O) groups excluding carboxylic acids is 1. The van der Waals surface area contributed by atoms with Gasteiger partial charge in [-0.05, 0) is 24.6 Å². The Morgan fingerprint density at radius 2 is 1.68 bits per heavy atom. The number of amides is 1. The van der Waals surface area contributed by atoms with Gasteiger partial charge < -0.3 is 15.4 Å². The minimum atomic E-state index is -0.147. The first-order valence-corrected chi connectivity index (χ1v) is 8.82. The molecule has 0 saturated heterocycles. The van der Waals surface area contributed by atoms with Gasteiger partial charge in [-0.25, -0.2) is 0 Å². The van der Waals surface area contributed by atoms with E-state index in [4.69, 9.17) is 4.74 Å². The van der Waals surface area contributed by atoms with E-state index in [2.05, 4.69) is 36.6 Å². The predicted octanol–water partition coefficient (Wildman–Crippen LogP) is 2.66. The van der Waals surface area contributed by atoms with Crippen molar-refractivity contribution < 1.29 is 14.8 Å². The molecule has 0 saturated carbocycles. The number of nitrogens with two attached hydrogens (primary N) is 1. The average Bonchev–Trinajstić information content (AvgIpc) is 2.64. The molecule has 0 radical (unpaired) electrons. The molecule has 0 aliphatic carbocycles. The zero-order chi connectivity index (χ0) is 18.2. The van der Waals surface area contributed by atoms with E-state index in [0.29, 0.717) is 12.5 Å². The number of hydrogen-bond acceptors (Lipinski definition) is 2. The molecule has 0 spiro atoms. The second-order valence-corrected chi connectivity index (χ2v) is 6.73. The summed E-state index contributed by atoms with van der Waals surface area (Å²) in [7, 11) is 1.65. The number of rotatable bonds is 8. The minimum absolute atomic E-state index is 0.0531. The molecule has 4 heteroatoms. The van der Waals surface area contributed by atoms with Gasteiger partial charge in [0.2, 0.25) is 0 Å². The normalized spacial score (nSPS) is 13.3. The summed E-state index contributed by atoms with van der Waals surface area (Å²) in [6.07, 6.45) is 0. The SMILES string of the molecule is COc1ccc(CNC(=O)[C@@H](C)[NH2+][C@H](c2ccccc2)C(C)C)cc1. The van der Waals surface area contributed by atoms with E-state index in [1.807, 2.05) is 49.4 Å². The van der Waals surface area contributed by atoms with E-state index in [1.54, 1.807) is 7.11 Å². The van der Waals surface area contributed by atoms with Gasteiger partial charge in [-0.1, -0.05) is 56.3 Å². The number of carbonyl (C=O) groups is 1. The van der Waals surface area contributed by atoms with Crippen LogP contribution in [0.3, 0.4) is 0 Å². The smallest absolute Gasteiger partial charge is 0.278 e. The lowest BCUT2D eigenvalue weighted by Gasteiger charge is -2.23. The van der Waals surface area contributed by atoms with Gasteiger partial charge in [0.1, 0.15) is 11.8 Å². The summed E-state index contributed by atoms with van der Waals surface area (Å²) in [4.78, 5) is 12.5. The van der Waals surface area contributed by atoms with E-state index in [9.17, 15) is 4.79 Å². The van der Waals surface area contributed by atoms with Crippen LogP contribution in [0.2, 0.25) is 0 Å². The molecule has 1 amide bonds. The molecule has 2 aromatic carbocycles. The van der Waals surface area contributed by atoms with Crippen LogP contribution in [0, 0.1) is 5.92 Å². The summed E-state index contributed by atoms with van der Waals surface area (Å²) in [5.74, 6) is 1.32. The first-order chi connectivity index (χ1) is 12.0. The quantitative estimate of drug-likeness (QED) is 0.775. The van der Waals surface area contributed by atoms with Gasteiger partial charge in [0.25, 0.3) is 5.91 Å². The molecule has 0 heterocycles. The Morgan fingerprint density at radius 1 is 1.04 bits per heavy atom. The van der Waals surface area contributed by atoms with Crippen molar-refractivity contribution in [3.63, 3.8) is 0 Å². The Morgan fingerprint density at radius 3 is 2.24 bits per heavy atom. The molecule has 25 heavy (non-hydrogen) atoms. The average molecular weight is 341 g/mol. The molecule has 2 rings (SSSR count). The van der Waals surface area contributed by atoms with Crippen LogP contribution >= 0.6 is 0 Å². The summed E-state index contributed by atoms with van der Waals surface area (Å²) in [5.41, 5.74) is 2.32. The van der Waals surface area contributed by atoms with Gasteiger partial charge in [0, 0.05) is 18.0 Å². The Balaban J connectivity index is 1.91. The van der Waals surface area contributed by atoms with E-state index in [0.717, 1.165) is 11.3 Å². The molecule has 2 aromatic rings. The van der Waals surface area contributed by atoms with Crippen molar-refractivity contribution in [1.29, 1.82) is 0 Å². The fourth-order valence-electron chi connectivity index (χ4n) is 2.89. The van der Waals surface area contributed by atoms with Crippen molar-refractivity contribution in [2.75, 3.05) is 7.11 Å². The highest BCUT2D eigenvalue weighted by molar-refractivity contribution is 5.79. The van der Waals surface area contributed by atoms with Crippen molar-refractivity contribution in [2.24, 2.45) is 5.92 Å². The summed E-state index contributed by atoms with van der Waals surface area (Å²) in [6.45, 7) is 6.87. The van der Waals surface area contributed by atoms with Crippen molar-refractivity contribution in [2.45, 2.75) is 39.4 Å². The zero-order valence-corrected chi connectivity index (χ0v) is 15.5. The maximum Gasteiger partial charge on any atom is 0.278 e. The lowest BCUT2D eigenvalue weighted by Crippen LogP contribution is -2.93. The number of ether oxygens (including phenoxy) is 1. The number of nitrogens with one attached hydrogen (secondary N) is 1. The second kappa shape index (κ2) is 9.23. The van der Waals surface area contributed by atoms with Crippen LogP contribution in [-0.4, -0.2) is 19.1 Å². The third-order valence-electron chi connectivity index (χ3n) is 4.44. The molecular formula is C21H29N2O2+. The third kappa shape index (κ3) is 5.61. The van der Waals surface area contributed by atoms with Gasteiger partial charge in [-0.3, -0.25) is 4.79 Å². The molecule has 0 aliphatic rings. The van der Waals surface area contributed by atoms with E-state index >= 15 is 0 Å². The lowest BCUT2D eigenvalue weighted by atomic mass is 9.95. The Hall–Kier alpha value is -2.33. The van der Waals surface area contributed by atoms with Crippen molar-refractivity contribution in [3.05, 3.63) is 65.7 Å². The van der Waals surface area contributed by atoms with Crippen LogP contribution in [0.5, 0.6) is 5.75 Å². The number of benzene rings is 2. The molecular weight excluding hydrogens is 312 g/mol.